The molecule has 0 N–H and O–H groups in total. The van der Waals surface area contributed by atoms with Gasteiger partial charge in [0.25, 0.3) is 0 Å². The maximum absolute atomic E-state index is 13.2. The molecule has 0 aliphatic heterocycles. The number of benzene rings is 2. The fraction of sp³-hybridized carbons (Fsp3) is 0.286. The number of alkyl halides is 3. The van der Waals surface area contributed by atoms with Gasteiger partial charge in [0, 0.05) is 20.1 Å². The van der Waals surface area contributed by atoms with Crippen LogP contribution in [-0.2, 0) is 31.1 Å². The van der Waals surface area contributed by atoms with Crippen LogP contribution in [0.15, 0.2) is 65.8 Å². The van der Waals surface area contributed by atoms with Crippen molar-refractivity contribution in [2.75, 3.05) is 0 Å². The number of aromatic nitrogens is 3. The van der Waals surface area contributed by atoms with Crippen molar-refractivity contribution in [3.8, 4) is 0 Å². The predicted molar refractivity (Wildman–Crippen MR) is 108 cm³/mol. The molecule has 2 aromatic carbocycles. The Morgan fingerprint density at radius 2 is 1.50 bits per heavy atom. The van der Waals surface area contributed by atoms with Gasteiger partial charge in [0.1, 0.15) is 0 Å². The summed E-state index contributed by atoms with van der Waals surface area (Å²) >= 11 is 0.963. The molecule has 158 valence electrons. The number of carbonyl (C=O) groups excluding carboxylic acids is 1. The van der Waals surface area contributed by atoms with Crippen LogP contribution >= 0.6 is 11.8 Å². The molecule has 0 fully saturated rings. The molecule has 0 spiro atoms. The van der Waals surface area contributed by atoms with Crippen molar-refractivity contribution in [3.63, 3.8) is 0 Å². The Kier molecular flexibility index (Phi) is 6.81. The third-order valence-electron chi connectivity index (χ3n) is 4.46. The molecule has 0 saturated carbocycles. The van der Waals surface area contributed by atoms with Gasteiger partial charge in [-0.3, -0.25) is 4.79 Å². The highest BCUT2D eigenvalue weighted by molar-refractivity contribution is 8.00. The van der Waals surface area contributed by atoms with E-state index in [2.05, 4.69) is 10.2 Å². The number of halogens is 3. The Morgan fingerprint density at radius 3 is 1.93 bits per heavy atom. The number of amides is 1. The van der Waals surface area contributed by atoms with Crippen LogP contribution in [0.4, 0.5) is 13.2 Å². The van der Waals surface area contributed by atoms with Crippen LogP contribution in [0.25, 0.3) is 0 Å². The summed E-state index contributed by atoms with van der Waals surface area (Å²) in [5.74, 6) is -1.28. The van der Waals surface area contributed by atoms with Crippen LogP contribution in [0.1, 0.15) is 23.9 Å². The summed E-state index contributed by atoms with van der Waals surface area (Å²) < 4.78 is 39.8. The number of rotatable bonds is 7. The molecule has 5 nitrogen and oxygen atoms in total. The third kappa shape index (κ3) is 5.41. The molecular weight excluding hydrogens is 413 g/mol. The lowest BCUT2D eigenvalue weighted by molar-refractivity contribution is -0.147. The lowest BCUT2D eigenvalue weighted by atomic mass is 10.1. The van der Waals surface area contributed by atoms with Crippen molar-refractivity contribution in [2.24, 2.45) is 7.05 Å². The monoisotopic (exact) mass is 434 g/mol. The number of thioether (sulfide) groups is 1. The minimum absolute atomic E-state index is 0.0440. The molecule has 30 heavy (non-hydrogen) atoms. The molecule has 1 atom stereocenters. The van der Waals surface area contributed by atoms with Gasteiger partial charge in [0.05, 0.1) is 5.25 Å². The van der Waals surface area contributed by atoms with E-state index in [-0.39, 0.29) is 11.1 Å². The van der Waals surface area contributed by atoms with Gasteiger partial charge in [-0.1, -0.05) is 72.4 Å². The van der Waals surface area contributed by atoms with Gasteiger partial charge in [-0.15, -0.1) is 10.2 Å². The fourth-order valence-electron chi connectivity index (χ4n) is 2.95. The minimum atomic E-state index is -4.60. The van der Waals surface area contributed by atoms with E-state index in [0.29, 0.717) is 13.1 Å². The van der Waals surface area contributed by atoms with E-state index in [1.54, 1.807) is 11.8 Å². The van der Waals surface area contributed by atoms with E-state index in [1.807, 2.05) is 60.7 Å². The van der Waals surface area contributed by atoms with E-state index in [0.717, 1.165) is 27.5 Å². The van der Waals surface area contributed by atoms with Crippen LogP contribution in [0.5, 0.6) is 0 Å². The first-order chi connectivity index (χ1) is 14.3. The Morgan fingerprint density at radius 1 is 1.00 bits per heavy atom. The van der Waals surface area contributed by atoms with Crippen LogP contribution in [0, 0.1) is 0 Å². The second-order valence-electron chi connectivity index (χ2n) is 6.79. The quantitative estimate of drug-likeness (QED) is 0.512. The Bertz CT molecular complexity index is 935. The standard InChI is InChI=1S/C21H21F3N4OS/c1-15(30-20-26-25-19(27(20)2)21(22,23)24)18(29)28(13-16-9-5-3-6-10-16)14-17-11-7-4-8-12-17/h3-12,15H,13-14H2,1-2H3/t15-/m1/s1. The average molecular weight is 434 g/mol. The molecule has 3 rings (SSSR count). The van der Waals surface area contributed by atoms with Crippen molar-refractivity contribution in [3.05, 3.63) is 77.6 Å². The van der Waals surface area contributed by atoms with E-state index in [1.165, 1.54) is 7.05 Å². The number of carbonyl (C=O) groups is 1. The maximum atomic E-state index is 13.2. The first-order valence-corrected chi connectivity index (χ1v) is 10.1. The molecule has 3 aromatic rings. The zero-order valence-electron chi connectivity index (χ0n) is 16.5. The zero-order chi connectivity index (χ0) is 21.7. The van der Waals surface area contributed by atoms with Crippen molar-refractivity contribution in [1.82, 2.24) is 19.7 Å². The molecule has 0 unspecified atom stereocenters. The van der Waals surface area contributed by atoms with Gasteiger partial charge >= 0.3 is 6.18 Å². The fourth-order valence-corrected chi connectivity index (χ4v) is 3.85. The van der Waals surface area contributed by atoms with Crippen LogP contribution in [0.2, 0.25) is 0 Å². The second-order valence-corrected chi connectivity index (χ2v) is 8.10. The summed E-state index contributed by atoms with van der Waals surface area (Å²) in [5.41, 5.74) is 1.94. The maximum Gasteiger partial charge on any atom is 0.451 e. The molecule has 0 bridgehead atoms. The summed E-state index contributed by atoms with van der Waals surface area (Å²) in [6.07, 6.45) is -4.60. The highest BCUT2D eigenvalue weighted by Crippen LogP contribution is 2.31. The SMILES string of the molecule is C[C@@H](Sc1nnc(C(F)(F)F)n1C)C(=O)N(Cc1ccccc1)Cc1ccccc1. The Balaban J connectivity index is 1.78. The molecule has 9 heteroatoms. The van der Waals surface area contributed by atoms with E-state index in [4.69, 9.17) is 0 Å². The van der Waals surface area contributed by atoms with Crippen molar-refractivity contribution in [2.45, 2.75) is 36.6 Å². The summed E-state index contributed by atoms with van der Waals surface area (Å²) in [5, 5.41) is 6.25. The molecular formula is C21H21F3N4OS. The van der Waals surface area contributed by atoms with Crippen molar-refractivity contribution in [1.29, 1.82) is 0 Å². The molecule has 0 aliphatic rings. The summed E-state index contributed by atoms with van der Waals surface area (Å²) in [4.78, 5) is 14.9. The molecule has 1 amide bonds. The summed E-state index contributed by atoms with van der Waals surface area (Å²) in [6, 6.07) is 19.1. The van der Waals surface area contributed by atoms with E-state index in [9.17, 15) is 18.0 Å². The lowest BCUT2D eigenvalue weighted by Crippen LogP contribution is -2.35. The topological polar surface area (TPSA) is 51.0 Å². The number of hydrogen-bond donors (Lipinski definition) is 0. The average Bonchev–Trinajstić information content (AvgIpc) is 3.09. The number of hydrogen-bond acceptors (Lipinski definition) is 4. The highest BCUT2D eigenvalue weighted by atomic mass is 32.2. The molecule has 0 saturated heterocycles. The van der Waals surface area contributed by atoms with Crippen LogP contribution in [0.3, 0.4) is 0 Å². The first kappa shape index (κ1) is 21.9. The molecule has 0 radical (unpaired) electrons. The lowest BCUT2D eigenvalue weighted by Gasteiger charge is -2.26. The molecule has 0 aliphatic carbocycles. The van der Waals surface area contributed by atoms with E-state index >= 15 is 0 Å². The molecule has 1 aromatic heterocycles. The predicted octanol–water partition coefficient (Wildman–Crippen LogP) is 4.54. The van der Waals surface area contributed by atoms with Crippen LogP contribution in [-0.4, -0.2) is 30.8 Å². The molecule has 1 heterocycles. The Labute approximate surface area is 176 Å². The van der Waals surface area contributed by atoms with Gasteiger partial charge in [-0.05, 0) is 18.1 Å². The van der Waals surface area contributed by atoms with Crippen molar-refractivity contribution >= 4 is 17.7 Å². The second kappa shape index (κ2) is 9.34. The Hall–Kier alpha value is -2.81. The summed E-state index contributed by atoms with van der Waals surface area (Å²) in [7, 11) is 1.24. The van der Waals surface area contributed by atoms with Gasteiger partial charge < -0.3 is 9.47 Å². The zero-order valence-corrected chi connectivity index (χ0v) is 17.3. The first-order valence-electron chi connectivity index (χ1n) is 9.25. The van der Waals surface area contributed by atoms with Gasteiger partial charge in [0.2, 0.25) is 11.7 Å². The number of nitrogens with zero attached hydrogens (tertiary/aromatic N) is 4. The van der Waals surface area contributed by atoms with Crippen molar-refractivity contribution < 1.29 is 18.0 Å². The smallest absolute Gasteiger partial charge is 0.333 e. The summed E-state index contributed by atoms with van der Waals surface area (Å²) in [6.45, 7) is 2.45. The highest BCUT2D eigenvalue weighted by Gasteiger charge is 2.38. The van der Waals surface area contributed by atoms with E-state index < -0.39 is 17.3 Å². The normalized spacial score (nSPS) is 12.6. The van der Waals surface area contributed by atoms with Gasteiger partial charge in [-0.25, -0.2) is 0 Å². The minimum Gasteiger partial charge on any atom is -0.333 e. The largest absolute Gasteiger partial charge is 0.451 e. The van der Waals surface area contributed by atoms with Gasteiger partial charge in [-0.2, -0.15) is 13.2 Å². The van der Waals surface area contributed by atoms with Crippen LogP contribution < -0.4 is 0 Å². The third-order valence-corrected chi connectivity index (χ3v) is 5.58. The van der Waals surface area contributed by atoms with Gasteiger partial charge in [0.15, 0.2) is 5.16 Å².